The van der Waals surface area contributed by atoms with Crippen LogP contribution in [0.2, 0.25) is 5.02 Å². The molecule has 2 aromatic carbocycles. The van der Waals surface area contributed by atoms with Gasteiger partial charge in [-0.05, 0) is 43.9 Å². The number of fused-ring (bicyclic) bond motifs is 1. The number of anilines is 2. The van der Waals surface area contributed by atoms with Crippen LogP contribution in [0.1, 0.15) is 62.4 Å². The second-order valence-electron chi connectivity index (χ2n) is 10.9. The SMILES string of the molecule is CC(C)(C)C(=O)NCc1ccc(Cl)c(C(=O)Nc2cccc3c(N[C@H]4CC[C@H](C(F)(F)F)CC4)ncnc23)c1F. The minimum Gasteiger partial charge on any atom is -0.367 e. The van der Waals surface area contributed by atoms with Gasteiger partial charge < -0.3 is 16.0 Å². The number of rotatable bonds is 6. The van der Waals surface area contributed by atoms with Gasteiger partial charge in [0.2, 0.25) is 5.91 Å². The lowest BCUT2D eigenvalue weighted by atomic mass is 9.85. The lowest BCUT2D eigenvalue weighted by Crippen LogP contribution is -2.34. The van der Waals surface area contributed by atoms with E-state index in [9.17, 15) is 22.8 Å². The Bertz CT molecular complexity index is 1420. The monoisotopic (exact) mass is 579 g/mol. The molecule has 1 fully saturated rings. The van der Waals surface area contributed by atoms with Crippen molar-refractivity contribution in [3.8, 4) is 0 Å². The van der Waals surface area contributed by atoms with Crippen LogP contribution >= 0.6 is 11.6 Å². The summed E-state index contributed by atoms with van der Waals surface area (Å²) in [7, 11) is 0. The Hall–Kier alpha value is -3.47. The minimum absolute atomic E-state index is 0.0385. The molecule has 0 radical (unpaired) electrons. The third kappa shape index (κ3) is 6.63. The van der Waals surface area contributed by atoms with E-state index < -0.39 is 29.2 Å². The normalized spacial score (nSPS) is 17.9. The zero-order valence-corrected chi connectivity index (χ0v) is 23.0. The zero-order valence-electron chi connectivity index (χ0n) is 22.3. The van der Waals surface area contributed by atoms with Crippen LogP contribution in [0.3, 0.4) is 0 Å². The van der Waals surface area contributed by atoms with Crippen LogP contribution in [0.25, 0.3) is 10.9 Å². The molecule has 1 saturated carbocycles. The van der Waals surface area contributed by atoms with Gasteiger partial charge in [0, 0.05) is 29.0 Å². The van der Waals surface area contributed by atoms with Crippen molar-refractivity contribution in [1.29, 1.82) is 0 Å². The van der Waals surface area contributed by atoms with Gasteiger partial charge in [-0.1, -0.05) is 44.5 Å². The molecule has 40 heavy (non-hydrogen) atoms. The predicted octanol–water partition coefficient (Wildman–Crippen LogP) is 6.87. The summed E-state index contributed by atoms with van der Waals surface area (Å²) in [6.45, 7) is 5.06. The maximum absolute atomic E-state index is 15.4. The van der Waals surface area contributed by atoms with Crippen molar-refractivity contribution in [3.63, 3.8) is 0 Å². The molecule has 0 aliphatic heterocycles. The smallest absolute Gasteiger partial charge is 0.367 e. The first-order chi connectivity index (χ1) is 18.8. The number of halogens is 5. The van der Waals surface area contributed by atoms with Crippen LogP contribution in [0.15, 0.2) is 36.7 Å². The fourth-order valence-corrected chi connectivity index (χ4v) is 4.86. The number of alkyl halides is 3. The molecule has 0 spiro atoms. The Morgan fingerprint density at radius 3 is 2.38 bits per heavy atom. The van der Waals surface area contributed by atoms with E-state index in [2.05, 4.69) is 25.9 Å². The lowest BCUT2D eigenvalue weighted by molar-refractivity contribution is -0.182. The van der Waals surface area contributed by atoms with E-state index >= 15 is 4.39 Å². The number of hydrogen-bond donors (Lipinski definition) is 3. The van der Waals surface area contributed by atoms with Crippen LogP contribution in [-0.4, -0.2) is 34.0 Å². The fourth-order valence-electron chi connectivity index (χ4n) is 4.63. The summed E-state index contributed by atoms with van der Waals surface area (Å²) < 4.78 is 54.5. The van der Waals surface area contributed by atoms with E-state index in [1.807, 2.05) is 0 Å². The molecular formula is C28H30ClF4N5O2. The largest absolute Gasteiger partial charge is 0.391 e. The molecule has 7 nitrogen and oxygen atoms in total. The summed E-state index contributed by atoms with van der Waals surface area (Å²) in [6.07, 6.45) is -2.14. The van der Waals surface area contributed by atoms with Crippen molar-refractivity contribution in [2.75, 3.05) is 10.6 Å². The van der Waals surface area contributed by atoms with Gasteiger partial charge in [0.05, 0.1) is 27.7 Å². The fraction of sp³-hybridized carbons (Fsp3) is 0.429. The number of para-hydroxylation sites is 1. The third-order valence-electron chi connectivity index (χ3n) is 6.96. The standard InChI is InChI=1S/C28H30ClF4N5O2/c1-27(2,3)26(40)34-13-15-7-12-19(29)21(22(15)30)25(39)38-20-6-4-5-18-23(20)35-14-36-24(18)37-17-10-8-16(9-11-17)28(31,32)33/h4-7,12,14,16-17H,8-11,13H2,1-3H3,(H,34,40)(H,38,39)(H,35,36,37)/t16-,17-. The van der Waals surface area contributed by atoms with Gasteiger partial charge in [-0.15, -0.1) is 0 Å². The number of aromatic nitrogens is 2. The van der Waals surface area contributed by atoms with Crippen LogP contribution in [0, 0.1) is 17.2 Å². The molecule has 12 heteroatoms. The number of nitrogens with one attached hydrogen (secondary N) is 3. The van der Waals surface area contributed by atoms with Crippen molar-refractivity contribution in [2.45, 2.75) is 65.2 Å². The van der Waals surface area contributed by atoms with Crippen LogP contribution < -0.4 is 16.0 Å². The molecule has 214 valence electrons. The number of carbonyl (C=O) groups excluding carboxylic acids is 2. The maximum atomic E-state index is 15.4. The summed E-state index contributed by atoms with van der Waals surface area (Å²) in [5, 5.41) is 8.98. The van der Waals surface area contributed by atoms with E-state index in [1.165, 1.54) is 18.5 Å². The molecule has 3 aromatic rings. The molecule has 1 aromatic heterocycles. The molecule has 0 atom stereocenters. The highest BCUT2D eigenvalue weighted by Gasteiger charge is 2.41. The molecule has 4 rings (SSSR count). The Labute approximate surface area is 234 Å². The maximum Gasteiger partial charge on any atom is 0.391 e. The van der Waals surface area contributed by atoms with Gasteiger partial charge >= 0.3 is 6.18 Å². The van der Waals surface area contributed by atoms with Crippen molar-refractivity contribution in [3.05, 3.63) is 58.6 Å². The molecule has 2 amide bonds. The second-order valence-corrected chi connectivity index (χ2v) is 11.3. The molecule has 0 unspecified atom stereocenters. The first kappa shape index (κ1) is 29.5. The van der Waals surface area contributed by atoms with E-state index in [1.54, 1.807) is 39.0 Å². The van der Waals surface area contributed by atoms with Crippen molar-refractivity contribution < 1.29 is 27.2 Å². The van der Waals surface area contributed by atoms with Crippen molar-refractivity contribution in [1.82, 2.24) is 15.3 Å². The Kier molecular flexibility index (Phi) is 8.53. The van der Waals surface area contributed by atoms with Crippen molar-refractivity contribution in [2.24, 2.45) is 11.3 Å². The lowest BCUT2D eigenvalue weighted by Gasteiger charge is -2.30. The minimum atomic E-state index is -4.19. The van der Waals surface area contributed by atoms with Crippen LogP contribution in [-0.2, 0) is 11.3 Å². The number of nitrogens with zero attached hydrogens (tertiary/aromatic N) is 2. The molecule has 3 N–H and O–H groups in total. The van der Waals surface area contributed by atoms with Crippen LogP contribution in [0.5, 0.6) is 0 Å². The molecule has 0 saturated heterocycles. The summed E-state index contributed by atoms with van der Waals surface area (Å²) in [5.74, 6) is -2.81. The van der Waals surface area contributed by atoms with E-state index in [0.29, 0.717) is 29.6 Å². The average molecular weight is 580 g/mol. The van der Waals surface area contributed by atoms with Gasteiger partial charge in [-0.25, -0.2) is 14.4 Å². The van der Waals surface area contributed by atoms with Gasteiger partial charge in [-0.2, -0.15) is 13.2 Å². The van der Waals surface area contributed by atoms with E-state index in [-0.39, 0.29) is 53.2 Å². The van der Waals surface area contributed by atoms with E-state index in [4.69, 9.17) is 11.6 Å². The number of amides is 2. The molecule has 1 aliphatic carbocycles. The Morgan fingerprint density at radius 2 is 1.73 bits per heavy atom. The highest BCUT2D eigenvalue weighted by molar-refractivity contribution is 6.34. The summed E-state index contributed by atoms with van der Waals surface area (Å²) in [6, 6.07) is 7.57. The molecule has 1 aliphatic rings. The first-order valence-electron chi connectivity index (χ1n) is 12.9. The second kappa shape index (κ2) is 11.6. The number of carbonyl (C=O) groups is 2. The van der Waals surface area contributed by atoms with Gasteiger partial charge in [0.1, 0.15) is 18.0 Å². The Balaban J connectivity index is 1.53. The highest BCUT2D eigenvalue weighted by Crippen LogP contribution is 2.38. The van der Waals surface area contributed by atoms with Crippen molar-refractivity contribution >= 4 is 45.8 Å². The summed E-state index contributed by atoms with van der Waals surface area (Å²) >= 11 is 6.19. The number of hydrogen-bond acceptors (Lipinski definition) is 5. The van der Waals surface area contributed by atoms with Crippen LogP contribution in [0.4, 0.5) is 29.1 Å². The van der Waals surface area contributed by atoms with Gasteiger partial charge in [0.25, 0.3) is 5.91 Å². The quantitative estimate of drug-likeness (QED) is 0.277. The predicted molar refractivity (Wildman–Crippen MR) is 146 cm³/mol. The average Bonchev–Trinajstić information content (AvgIpc) is 2.88. The molecule has 0 bridgehead atoms. The molecular weight excluding hydrogens is 550 g/mol. The Morgan fingerprint density at radius 1 is 1.02 bits per heavy atom. The van der Waals surface area contributed by atoms with Gasteiger partial charge in [-0.3, -0.25) is 9.59 Å². The topological polar surface area (TPSA) is 96.0 Å². The number of benzene rings is 2. The third-order valence-corrected chi connectivity index (χ3v) is 7.28. The zero-order chi connectivity index (χ0) is 29.2. The summed E-state index contributed by atoms with van der Waals surface area (Å²) in [5.41, 5.74) is -0.317. The molecule has 1 heterocycles. The van der Waals surface area contributed by atoms with E-state index in [0.717, 1.165) is 0 Å². The highest BCUT2D eigenvalue weighted by atomic mass is 35.5. The van der Waals surface area contributed by atoms with Gasteiger partial charge in [0.15, 0.2) is 0 Å². The first-order valence-corrected chi connectivity index (χ1v) is 13.3. The summed E-state index contributed by atoms with van der Waals surface area (Å²) in [4.78, 5) is 33.9.